The summed E-state index contributed by atoms with van der Waals surface area (Å²) in [6.07, 6.45) is 3.39. The minimum absolute atomic E-state index is 0.0449. The monoisotopic (exact) mass is 293 g/mol. The summed E-state index contributed by atoms with van der Waals surface area (Å²) in [5.41, 5.74) is -0.412. The Kier molecular flexibility index (Phi) is 4.70. The Bertz CT molecular complexity index is 613. The Labute approximate surface area is 119 Å². The Morgan fingerprint density at radius 3 is 2.52 bits per heavy atom. The van der Waals surface area contributed by atoms with Crippen molar-refractivity contribution < 1.29 is 13.6 Å². The molecule has 0 fully saturated rings. The van der Waals surface area contributed by atoms with E-state index < -0.39 is 17.5 Å². The standard InChI is InChI=1S/C13H13F2N5O/c1-2-3-16-11-9(14)6-8(7-10(11)15)12(21)19-13-17-4-5-18-20-13/h4-7,16H,2-3H2,1H3,(H,17,19,20,21). The van der Waals surface area contributed by atoms with Crippen molar-refractivity contribution >= 4 is 17.5 Å². The van der Waals surface area contributed by atoms with Gasteiger partial charge in [-0.3, -0.25) is 10.1 Å². The van der Waals surface area contributed by atoms with E-state index in [1.807, 2.05) is 6.92 Å². The lowest BCUT2D eigenvalue weighted by molar-refractivity contribution is 0.102. The fourth-order valence-electron chi connectivity index (χ4n) is 1.60. The first-order valence-corrected chi connectivity index (χ1v) is 6.29. The van der Waals surface area contributed by atoms with Gasteiger partial charge in [0.15, 0.2) is 0 Å². The highest BCUT2D eigenvalue weighted by Gasteiger charge is 2.15. The van der Waals surface area contributed by atoms with Crippen molar-refractivity contribution in [2.24, 2.45) is 0 Å². The average molecular weight is 293 g/mol. The molecule has 0 saturated heterocycles. The number of amides is 1. The molecule has 1 heterocycles. The molecule has 1 aromatic carbocycles. The third-order valence-electron chi connectivity index (χ3n) is 2.56. The lowest BCUT2D eigenvalue weighted by Crippen LogP contribution is -2.16. The van der Waals surface area contributed by atoms with Crippen molar-refractivity contribution in [2.75, 3.05) is 17.2 Å². The van der Waals surface area contributed by atoms with Gasteiger partial charge >= 0.3 is 0 Å². The van der Waals surface area contributed by atoms with Gasteiger partial charge in [-0.05, 0) is 18.6 Å². The van der Waals surface area contributed by atoms with Gasteiger partial charge in [0.2, 0.25) is 5.95 Å². The number of aromatic nitrogens is 3. The summed E-state index contributed by atoms with van der Waals surface area (Å²) in [6, 6.07) is 1.90. The molecule has 1 aromatic heterocycles. The minimum atomic E-state index is -0.833. The van der Waals surface area contributed by atoms with Crippen LogP contribution in [0.2, 0.25) is 0 Å². The molecule has 0 aliphatic heterocycles. The molecule has 0 unspecified atom stereocenters. The van der Waals surface area contributed by atoms with Crippen LogP contribution in [0.1, 0.15) is 23.7 Å². The van der Waals surface area contributed by atoms with E-state index in [0.717, 1.165) is 18.6 Å². The molecule has 8 heteroatoms. The normalized spacial score (nSPS) is 10.2. The van der Waals surface area contributed by atoms with Crippen LogP contribution in [0.5, 0.6) is 0 Å². The summed E-state index contributed by atoms with van der Waals surface area (Å²) in [4.78, 5) is 15.6. The van der Waals surface area contributed by atoms with E-state index in [0.29, 0.717) is 6.54 Å². The quantitative estimate of drug-likeness (QED) is 0.883. The maximum Gasteiger partial charge on any atom is 0.258 e. The first kappa shape index (κ1) is 14.8. The maximum atomic E-state index is 13.8. The number of rotatable bonds is 5. The summed E-state index contributed by atoms with van der Waals surface area (Å²) in [5.74, 6) is -2.43. The molecule has 0 bridgehead atoms. The number of hydrogen-bond donors (Lipinski definition) is 2. The van der Waals surface area contributed by atoms with Gasteiger partial charge < -0.3 is 5.32 Å². The average Bonchev–Trinajstić information content (AvgIpc) is 2.47. The number of anilines is 2. The van der Waals surface area contributed by atoms with Crippen molar-refractivity contribution in [3.63, 3.8) is 0 Å². The molecule has 2 N–H and O–H groups in total. The van der Waals surface area contributed by atoms with Crippen molar-refractivity contribution in [2.45, 2.75) is 13.3 Å². The minimum Gasteiger partial charge on any atom is -0.380 e. The molecule has 0 atom stereocenters. The molecule has 110 valence electrons. The van der Waals surface area contributed by atoms with Crippen molar-refractivity contribution in [3.8, 4) is 0 Å². The zero-order valence-corrected chi connectivity index (χ0v) is 11.2. The van der Waals surface area contributed by atoms with Crippen molar-refractivity contribution in [3.05, 3.63) is 41.7 Å². The number of benzene rings is 1. The van der Waals surface area contributed by atoms with Gasteiger partial charge in [-0.25, -0.2) is 13.8 Å². The van der Waals surface area contributed by atoms with Gasteiger partial charge in [0.05, 0.1) is 12.4 Å². The number of hydrogen-bond acceptors (Lipinski definition) is 5. The number of carbonyl (C=O) groups excluding carboxylic acids is 1. The Balaban J connectivity index is 2.19. The first-order chi connectivity index (χ1) is 10.1. The molecule has 6 nitrogen and oxygen atoms in total. The zero-order valence-electron chi connectivity index (χ0n) is 11.2. The molecule has 2 aromatic rings. The van der Waals surface area contributed by atoms with Crippen LogP contribution in [0, 0.1) is 11.6 Å². The highest BCUT2D eigenvalue weighted by atomic mass is 19.1. The second-order valence-electron chi connectivity index (χ2n) is 4.16. The van der Waals surface area contributed by atoms with Gasteiger partial charge in [0.25, 0.3) is 5.91 Å². The summed E-state index contributed by atoms with van der Waals surface area (Å²) in [5, 5.41) is 12.0. The fourth-order valence-corrected chi connectivity index (χ4v) is 1.60. The maximum absolute atomic E-state index is 13.8. The summed E-state index contributed by atoms with van der Waals surface area (Å²) in [6.45, 7) is 2.31. The van der Waals surface area contributed by atoms with Gasteiger partial charge in [-0.1, -0.05) is 6.92 Å². The highest BCUT2D eigenvalue weighted by Crippen LogP contribution is 2.21. The van der Waals surface area contributed by atoms with Gasteiger partial charge in [-0.2, -0.15) is 5.10 Å². The third kappa shape index (κ3) is 3.68. The number of nitrogens with one attached hydrogen (secondary N) is 2. The molecular weight excluding hydrogens is 280 g/mol. The number of nitrogens with zero attached hydrogens (tertiary/aromatic N) is 3. The van der Waals surface area contributed by atoms with Gasteiger partial charge in [0, 0.05) is 12.1 Å². The van der Waals surface area contributed by atoms with Crippen LogP contribution in [-0.2, 0) is 0 Å². The lowest BCUT2D eigenvalue weighted by Gasteiger charge is -2.09. The highest BCUT2D eigenvalue weighted by molar-refractivity contribution is 6.03. The lowest BCUT2D eigenvalue weighted by atomic mass is 10.1. The zero-order chi connectivity index (χ0) is 15.2. The van der Waals surface area contributed by atoms with Crippen molar-refractivity contribution in [1.82, 2.24) is 15.2 Å². The van der Waals surface area contributed by atoms with Gasteiger partial charge in [0.1, 0.15) is 17.3 Å². The van der Waals surface area contributed by atoms with Crippen LogP contribution in [0.4, 0.5) is 20.4 Å². The van der Waals surface area contributed by atoms with E-state index in [2.05, 4.69) is 25.8 Å². The largest absolute Gasteiger partial charge is 0.380 e. The molecule has 21 heavy (non-hydrogen) atoms. The van der Waals surface area contributed by atoms with Crippen LogP contribution >= 0.6 is 0 Å². The predicted octanol–water partition coefficient (Wildman–Crippen LogP) is 2.22. The van der Waals surface area contributed by atoms with Gasteiger partial charge in [-0.15, -0.1) is 5.10 Å². The first-order valence-electron chi connectivity index (χ1n) is 6.29. The van der Waals surface area contributed by atoms with E-state index in [1.54, 1.807) is 0 Å². The van der Waals surface area contributed by atoms with Crippen LogP contribution in [0.25, 0.3) is 0 Å². The van der Waals surface area contributed by atoms with E-state index in [1.165, 1.54) is 12.4 Å². The van der Waals surface area contributed by atoms with Crippen molar-refractivity contribution in [1.29, 1.82) is 0 Å². The summed E-state index contributed by atoms with van der Waals surface area (Å²) >= 11 is 0. The fraction of sp³-hybridized carbons (Fsp3) is 0.231. The Morgan fingerprint density at radius 2 is 1.95 bits per heavy atom. The number of halogens is 2. The molecular formula is C13H13F2N5O. The molecule has 0 aliphatic carbocycles. The smallest absolute Gasteiger partial charge is 0.258 e. The van der Waals surface area contributed by atoms with Crippen LogP contribution in [0.3, 0.4) is 0 Å². The molecule has 1 amide bonds. The summed E-state index contributed by atoms with van der Waals surface area (Å²) in [7, 11) is 0. The van der Waals surface area contributed by atoms with E-state index in [9.17, 15) is 13.6 Å². The SMILES string of the molecule is CCCNc1c(F)cc(C(=O)Nc2nccnn2)cc1F. The van der Waals surface area contributed by atoms with Crippen LogP contribution in [0.15, 0.2) is 24.5 Å². The topological polar surface area (TPSA) is 79.8 Å². The molecule has 2 rings (SSSR count). The summed E-state index contributed by atoms with van der Waals surface area (Å²) < 4.78 is 27.6. The number of carbonyl (C=O) groups is 1. The second-order valence-corrected chi connectivity index (χ2v) is 4.16. The van der Waals surface area contributed by atoms with E-state index >= 15 is 0 Å². The Hall–Kier alpha value is -2.64. The van der Waals surface area contributed by atoms with E-state index in [-0.39, 0.29) is 17.2 Å². The molecule has 0 saturated carbocycles. The predicted molar refractivity (Wildman–Crippen MR) is 72.9 cm³/mol. The van der Waals surface area contributed by atoms with Crippen LogP contribution < -0.4 is 10.6 Å². The molecule has 0 radical (unpaired) electrons. The van der Waals surface area contributed by atoms with Crippen LogP contribution in [-0.4, -0.2) is 27.6 Å². The molecule has 0 aliphatic rings. The molecule has 0 spiro atoms. The second kappa shape index (κ2) is 6.69. The third-order valence-corrected chi connectivity index (χ3v) is 2.56. The van der Waals surface area contributed by atoms with E-state index in [4.69, 9.17) is 0 Å². The Morgan fingerprint density at radius 1 is 1.24 bits per heavy atom.